The van der Waals surface area contributed by atoms with Gasteiger partial charge in [-0.2, -0.15) is 18.3 Å². The summed E-state index contributed by atoms with van der Waals surface area (Å²) < 4.78 is 44.6. The fraction of sp³-hybridized carbons (Fsp3) is 0.115. The summed E-state index contributed by atoms with van der Waals surface area (Å²) in [5.74, 6) is 0.173. The Hall–Kier alpha value is -3.89. The zero-order valence-corrected chi connectivity index (χ0v) is 20.7. The van der Waals surface area contributed by atoms with E-state index in [9.17, 15) is 18.0 Å². The monoisotopic (exact) mass is 544 g/mol. The number of para-hydroxylation sites is 1. The van der Waals surface area contributed by atoms with Gasteiger partial charge in [0.1, 0.15) is 12.4 Å². The van der Waals surface area contributed by atoms with E-state index in [1.54, 1.807) is 23.6 Å². The minimum Gasteiger partial charge on any atom is -0.488 e. The van der Waals surface area contributed by atoms with Crippen molar-refractivity contribution in [1.29, 1.82) is 0 Å². The molecule has 0 aliphatic heterocycles. The van der Waals surface area contributed by atoms with Crippen LogP contribution in [0.3, 0.4) is 0 Å². The van der Waals surface area contributed by atoms with Crippen LogP contribution in [0, 0.1) is 0 Å². The Bertz CT molecular complexity index is 1410. The number of halogens is 4. The van der Waals surface area contributed by atoms with Crippen LogP contribution in [-0.4, -0.2) is 17.1 Å². The first-order chi connectivity index (χ1) is 17.8. The van der Waals surface area contributed by atoms with Crippen molar-refractivity contribution in [2.75, 3.05) is 5.32 Å². The van der Waals surface area contributed by atoms with Gasteiger partial charge in [-0.05, 0) is 36.4 Å². The number of nitrogens with one attached hydrogen (secondary N) is 2. The number of alkyl halides is 3. The van der Waals surface area contributed by atoms with Gasteiger partial charge in [0.15, 0.2) is 5.13 Å². The van der Waals surface area contributed by atoms with Gasteiger partial charge in [0.25, 0.3) is 0 Å². The van der Waals surface area contributed by atoms with Gasteiger partial charge < -0.3 is 10.1 Å². The molecule has 1 heterocycles. The lowest BCUT2D eigenvalue weighted by Crippen LogP contribution is -2.20. The maximum Gasteiger partial charge on any atom is 0.416 e. The first kappa shape index (κ1) is 26.2. The van der Waals surface area contributed by atoms with E-state index in [2.05, 4.69) is 20.8 Å². The van der Waals surface area contributed by atoms with Crippen molar-refractivity contribution in [3.63, 3.8) is 0 Å². The van der Waals surface area contributed by atoms with Crippen molar-refractivity contribution < 1.29 is 22.7 Å². The largest absolute Gasteiger partial charge is 0.488 e. The Morgan fingerprint density at radius 2 is 1.86 bits per heavy atom. The number of hydrazone groups is 1. The molecule has 2 N–H and O–H groups in total. The van der Waals surface area contributed by atoms with Crippen molar-refractivity contribution in [2.45, 2.75) is 19.2 Å². The van der Waals surface area contributed by atoms with Crippen LogP contribution < -0.4 is 15.5 Å². The molecule has 0 saturated heterocycles. The molecule has 0 aliphatic carbocycles. The molecule has 0 unspecified atom stereocenters. The summed E-state index contributed by atoms with van der Waals surface area (Å²) in [7, 11) is 0. The Kier molecular flexibility index (Phi) is 8.42. The van der Waals surface area contributed by atoms with E-state index in [1.165, 1.54) is 29.7 Å². The summed E-state index contributed by atoms with van der Waals surface area (Å²) in [5, 5.41) is 9.46. The number of thiazole rings is 1. The van der Waals surface area contributed by atoms with E-state index < -0.39 is 17.6 Å². The average Bonchev–Trinajstić information content (AvgIpc) is 3.30. The molecular weight excluding hydrogens is 525 g/mol. The molecule has 0 radical (unpaired) electrons. The number of rotatable bonds is 9. The highest BCUT2D eigenvalue weighted by Crippen LogP contribution is 2.32. The maximum atomic E-state index is 12.9. The highest BCUT2D eigenvalue weighted by Gasteiger charge is 2.30. The van der Waals surface area contributed by atoms with Crippen molar-refractivity contribution >= 4 is 45.9 Å². The van der Waals surface area contributed by atoms with Gasteiger partial charge in [-0.1, -0.05) is 48.0 Å². The van der Waals surface area contributed by atoms with Gasteiger partial charge in [-0.15, -0.1) is 11.3 Å². The van der Waals surface area contributed by atoms with E-state index in [4.69, 9.17) is 16.3 Å². The number of hydrogen-bond donors (Lipinski definition) is 2. The number of amides is 1. The predicted octanol–water partition coefficient (Wildman–Crippen LogP) is 6.83. The number of hydrogen-bond acceptors (Lipinski definition) is 6. The molecule has 1 amide bonds. The lowest BCUT2D eigenvalue weighted by atomic mass is 10.2. The Morgan fingerprint density at radius 1 is 1.08 bits per heavy atom. The van der Waals surface area contributed by atoms with Gasteiger partial charge in [-0.3, -0.25) is 4.79 Å². The smallest absolute Gasteiger partial charge is 0.416 e. The minimum absolute atomic E-state index is 0.0528. The summed E-state index contributed by atoms with van der Waals surface area (Å²) in [5.41, 5.74) is 3.89. The fourth-order valence-corrected chi connectivity index (χ4v) is 4.13. The van der Waals surface area contributed by atoms with Gasteiger partial charge in [0, 0.05) is 27.2 Å². The van der Waals surface area contributed by atoms with Crippen LogP contribution >= 0.6 is 22.9 Å². The molecule has 11 heteroatoms. The predicted molar refractivity (Wildman–Crippen MR) is 139 cm³/mol. The summed E-state index contributed by atoms with van der Waals surface area (Å²) >= 11 is 7.36. The first-order valence-corrected chi connectivity index (χ1v) is 12.2. The highest BCUT2D eigenvalue weighted by molar-refractivity contribution is 7.13. The number of ether oxygens (including phenoxy) is 1. The molecular formula is C26H20ClF3N4O2S. The Morgan fingerprint density at radius 3 is 2.68 bits per heavy atom. The second-order valence-electron chi connectivity index (χ2n) is 7.74. The summed E-state index contributed by atoms with van der Waals surface area (Å²) in [4.78, 5) is 16.6. The SMILES string of the molecule is O=C(Cc1csc(Nc2cccc(C(F)(F)F)c2)n1)N/N=C\c1ccccc1OCc1ccccc1Cl. The van der Waals surface area contributed by atoms with Crippen molar-refractivity contribution in [3.05, 3.63) is 106 Å². The van der Waals surface area contributed by atoms with Crippen molar-refractivity contribution in [3.8, 4) is 5.75 Å². The van der Waals surface area contributed by atoms with Crippen molar-refractivity contribution in [1.82, 2.24) is 10.4 Å². The van der Waals surface area contributed by atoms with Crippen LogP contribution in [0.25, 0.3) is 0 Å². The average molecular weight is 545 g/mol. The molecule has 0 bridgehead atoms. The van der Waals surface area contributed by atoms with Crippen LogP contribution in [0.2, 0.25) is 5.02 Å². The lowest BCUT2D eigenvalue weighted by molar-refractivity contribution is -0.137. The fourth-order valence-electron chi connectivity index (χ4n) is 3.21. The topological polar surface area (TPSA) is 75.6 Å². The van der Waals surface area contributed by atoms with Gasteiger partial charge in [-0.25, -0.2) is 10.4 Å². The van der Waals surface area contributed by atoms with Crippen LogP contribution in [0.4, 0.5) is 24.0 Å². The first-order valence-electron chi connectivity index (χ1n) is 10.9. The van der Waals surface area contributed by atoms with E-state index in [0.29, 0.717) is 27.2 Å². The van der Waals surface area contributed by atoms with Crippen LogP contribution in [0.1, 0.15) is 22.4 Å². The second-order valence-corrected chi connectivity index (χ2v) is 9.00. The third-order valence-corrected chi connectivity index (χ3v) is 6.16. The van der Waals surface area contributed by atoms with Crippen LogP contribution in [0.5, 0.6) is 5.75 Å². The third kappa shape index (κ3) is 7.55. The summed E-state index contributed by atoms with van der Waals surface area (Å²) in [6.45, 7) is 0.275. The zero-order chi connectivity index (χ0) is 26.3. The molecule has 0 atom stereocenters. The molecule has 3 aromatic carbocycles. The van der Waals surface area contributed by atoms with Crippen LogP contribution in [0.15, 0.2) is 83.3 Å². The molecule has 4 rings (SSSR count). The number of nitrogens with zero attached hydrogens (tertiary/aromatic N) is 2. The third-order valence-electron chi connectivity index (χ3n) is 4.99. The zero-order valence-electron chi connectivity index (χ0n) is 19.1. The molecule has 190 valence electrons. The van der Waals surface area contributed by atoms with Gasteiger partial charge in [0.2, 0.25) is 5.91 Å². The van der Waals surface area contributed by atoms with Gasteiger partial charge >= 0.3 is 6.18 Å². The Labute approximate surface area is 219 Å². The molecule has 1 aromatic heterocycles. The number of aromatic nitrogens is 1. The van der Waals surface area contributed by atoms with E-state index >= 15 is 0 Å². The highest BCUT2D eigenvalue weighted by atomic mass is 35.5. The lowest BCUT2D eigenvalue weighted by Gasteiger charge is -2.10. The molecule has 0 fully saturated rings. The molecule has 4 aromatic rings. The van der Waals surface area contributed by atoms with E-state index in [-0.39, 0.29) is 18.7 Å². The van der Waals surface area contributed by atoms with E-state index in [1.807, 2.05) is 30.3 Å². The quantitative estimate of drug-likeness (QED) is 0.179. The maximum absolute atomic E-state index is 12.9. The number of benzene rings is 3. The molecule has 6 nitrogen and oxygen atoms in total. The minimum atomic E-state index is -4.44. The molecule has 0 spiro atoms. The number of anilines is 2. The Balaban J connectivity index is 1.31. The van der Waals surface area contributed by atoms with Gasteiger partial charge in [0.05, 0.1) is 23.9 Å². The van der Waals surface area contributed by atoms with E-state index in [0.717, 1.165) is 17.7 Å². The standard InChI is InChI=1S/C26H20ClF3N4O2S/c27-22-10-3-1-7-18(22)15-36-23-11-4-2-6-17(23)14-31-34-24(35)13-21-16-37-25(33-21)32-20-9-5-8-19(12-20)26(28,29)30/h1-12,14,16H,13,15H2,(H,32,33)(H,34,35)/b31-14-. The number of carbonyl (C=O) groups is 1. The normalized spacial score (nSPS) is 11.5. The molecule has 0 aliphatic rings. The second kappa shape index (κ2) is 11.9. The number of carbonyl (C=O) groups excluding carboxylic acids is 1. The van der Waals surface area contributed by atoms with Crippen molar-refractivity contribution in [2.24, 2.45) is 5.10 Å². The molecule has 37 heavy (non-hydrogen) atoms. The summed E-state index contributed by atoms with van der Waals surface area (Å²) in [6.07, 6.45) is -3.02. The van der Waals surface area contributed by atoms with Crippen LogP contribution in [-0.2, 0) is 24.0 Å². The summed E-state index contributed by atoms with van der Waals surface area (Å²) in [6, 6.07) is 19.4. The molecule has 0 saturated carbocycles.